The number of furan rings is 1. The van der Waals surface area contributed by atoms with Crippen LogP contribution in [-0.2, 0) is 0 Å². The fraction of sp³-hybridized carbons (Fsp3) is 0.250. The number of benzene rings is 1. The molecule has 0 bridgehead atoms. The Balaban J connectivity index is 2.77. The first-order valence-electron chi connectivity index (χ1n) is 4.60. The number of carbonyl (C=O) groups is 1. The molecule has 0 spiro atoms. The van der Waals surface area contributed by atoms with Crippen molar-refractivity contribution in [3.05, 3.63) is 35.1 Å². The Labute approximate surface area is 82.5 Å². The van der Waals surface area contributed by atoms with E-state index in [-0.39, 0.29) is 5.78 Å². The second-order valence-corrected chi connectivity index (χ2v) is 3.59. The van der Waals surface area contributed by atoms with Crippen LogP contribution in [0.3, 0.4) is 0 Å². The highest BCUT2D eigenvalue weighted by molar-refractivity contribution is 5.96. The normalized spacial score (nSPS) is 10.8. The van der Waals surface area contributed by atoms with Gasteiger partial charge in [-0.15, -0.1) is 0 Å². The van der Waals surface area contributed by atoms with Gasteiger partial charge in [0, 0.05) is 12.3 Å². The van der Waals surface area contributed by atoms with Crippen LogP contribution in [0.5, 0.6) is 0 Å². The van der Waals surface area contributed by atoms with E-state index in [9.17, 15) is 4.79 Å². The summed E-state index contributed by atoms with van der Waals surface area (Å²) in [6, 6.07) is 5.81. The maximum absolute atomic E-state index is 11.1. The summed E-state index contributed by atoms with van der Waals surface area (Å²) in [7, 11) is 0. The van der Waals surface area contributed by atoms with Crippen LogP contribution in [-0.4, -0.2) is 5.78 Å². The van der Waals surface area contributed by atoms with Gasteiger partial charge in [-0.2, -0.15) is 0 Å². The van der Waals surface area contributed by atoms with Crippen molar-refractivity contribution in [2.75, 3.05) is 0 Å². The Bertz CT molecular complexity index is 506. The maximum Gasteiger partial charge on any atom is 0.194 e. The van der Waals surface area contributed by atoms with E-state index in [2.05, 4.69) is 0 Å². The molecule has 2 aromatic rings. The lowest BCUT2D eigenvalue weighted by Gasteiger charge is -1.98. The Kier molecular flexibility index (Phi) is 1.92. The molecule has 1 aromatic heterocycles. The molecule has 14 heavy (non-hydrogen) atoms. The molecule has 0 fully saturated rings. The van der Waals surface area contributed by atoms with Gasteiger partial charge >= 0.3 is 0 Å². The number of carbonyl (C=O) groups excluding carboxylic acids is 1. The number of Topliss-reactive ketones (excluding diaryl/α,β-unsaturated/α-hetero) is 1. The van der Waals surface area contributed by atoms with E-state index < -0.39 is 0 Å². The molecule has 0 saturated carbocycles. The summed E-state index contributed by atoms with van der Waals surface area (Å²) < 4.78 is 5.49. The Hall–Kier alpha value is -1.57. The zero-order chi connectivity index (χ0) is 10.3. The van der Waals surface area contributed by atoms with Gasteiger partial charge in [0.1, 0.15) is 5.58 Å². The van der Waals surface area contributed by atoms with E-state index in [1.807, 2.05) is 26.0 Å². The molecule has 0 N–H and O–H groups in total. The largest absolute Gasteiger partial charge is 0.453 e. The minimum Gasteiger partial charge on any atom is -0.453 e. The number of hydrogen-bond donors (Lipinski definition) is 0. The van der Waals surface area contributed by atoms with E-state index in [1.54, 1.807) is 6.07 Å². The fourth-order valence-corrected chi connectivity index (χ4v) is 1.51. The lowest BCUT2D eigenvalue weighted by Crippen LogP contribution is -1.85. The zero-order valence-electron chi connectivity index (χ0n) is 8.55. The van der Waals surface area contributed by atoms with Crippen molar-refractivity contribution >= 4 is 16.8 Å². The molecule has 1 heterocycles. The maximum atomic E-state index is 11.1. The molecule has 2 heteroatoms. The van der Waals surface area contributed by atoms with Gasteiger partial charge in [0.25, 0.3) is 0 Å². The summed E-state index contributed by atoms with van der Waals surface area (Å²) in [5.41, 5.74) is 3.12. The Morgan fingerprint density at radius 1 is 1.29 bits per heavy atom. The third-order valence-corrected chi connectivity index (χ3v) is 2.55. The molecular formula is C12H12O2. The number of ketones is 1. The number of hydrogen-bond acceptors (Lipinski definition) is 2. The molecule has 0 aliphatic heterocycles. The highest BCUT2D eigenvalue weighted by Gasteiger charge is 2.10. The van der Waals surface area contributed by atoms with Gasteiger partial charge in [-0.1, -0.05) is 12.1 Å². The number of rotatable bonds is 1. The number of aryl methyl sites for hydroxylation is 2. The predicted octanol–water partition coefficient (Wildman–Crippen LogP) is 3.25. The highest BCUT2D eigenvalue weighted by atomic mass is 16.3. The summed E-state index contributed by atoms with van der Waals surface area (Å²) in [6.07, 6.45) is 0. The minimum atomic E-state index is -0.0294. The van der Waals surface area contributed by atoms with Crippen molar-refractivity contribution in [1.82, 2.24) is 0 Å². The monoisotopic (exact) mass is 188 g/mol. The van der Waals surface area contributed by atoms with Gasteiger partial charge in [-0.25, -0.2) is 0 Å². The van der Waals surface area contributed by atoms with E-state index in [0.29, 0.717) is 5.76 Å². The SMILES string of the molecule is CC(=O)c1cc2ccc(C)c(C)c2o1. The van der Waals surface area contributed by atoms with Crippen molar-refractivity contribution in [2.24, 2.45) is 0 Å². The lowest BCUT2D eigenvalue weighted by atomic mass is 10.1. The van der Waals surface area contributed by atoms with Crippen molar-refractivity contribution < 1.29 is 9.21 Å². The highest BCUT2D eigenvalue weighted by Crippen LogP contribution is 2.25. The molecule has 2 nitrogen and oxygen atoms in total. The number of fused-ring (bicyclic) bond motifs is 1. The first kappa shape index (κ1) is 9.00. The van der Waals surface area contributed by atoms with Crippen LogP contribution in [0.4, 0.5) is 0 Å². The van der Waals surface area contributed by atoms with Gasteiger partial charge in [-0.05, 0) is 31.0 Å². The van der Waals surface area contributed by atoms with Gasteiger partial charge in [-0.3, -0.25) is 4.79 Å². The topological polar surface area (TPSA) is 30.2 Å². The second-order valence-electron chi connectivity index (χ2n) is 3.59. The third kappa shape index (κ3) is 1.23. The van der Waals surface area contributed by atoms with Gasteiger partial charge in [0.15, 0.2) is 11.5 Å². The van der Waals surface area contributed by atoms with Crippen molar-refractivity contribution in [2.45, 2.75) is 20.8 Å². The van der Waals surface area contributed by atoms with E-state index in [1.165, 1.54) is 12.5 Å². The molecule has 0 aliphatic rings. The summed E-state index contributed by atoms with van der Waals surface area (Å²) in [5, 5.41) is 0.998. The van der Waals surface area contributed by atoms with Crippen molar-refractivity contribution in [3.63, 3.8) is 0 Å². The van der Waals surface area contributed by atoms with Gasteiger partial charge < -0.3 is 4.42 Å². The molecule has 1 aromatic carbocycles. The molecule has 0 atom stereocenters. The van der Waals surface area contributed by atoms with E-state index in [0.717, 1.165) is 16.5 Å². The Morgan fingerprint density at radius 2 is 2.00 bits per heavy atom. The van der Waals surface area contributed by atoms with E-state index in [4.69, 9.17) is 4.42 Å². The average molecular weight is 188 g/mol. The van der Waals surface area contributed by atoms with Crippen LogP contribution in [0, 0.1) is 13.8 Å². The molecule has 0 radical (unpaired) electrons. The standard InChI is InChI=1S/C12H12O2/c1-7-4-5-10-6-11(9(3)13)14-12(10)8(7)2/h4-6H,1-3H3. The van der Waals surface area contributed by atoms with Gasteiger partial charge in [0.2, 0.25) is 0 Å². The molecule has 0 unspecified atom stereocenters. The smallest absolute Gasteiger partial charge is 0.194 e. The lowest BCUT2D eigenvalue weighted by molar-refractivity contribution is 0.0989. The minimum absolute atomic E-state index is 0.0294. The van der Waals surface area contributed by atoms with E-state index >= 15 is 0 Å². The molecule has 2 rings (SSSR count). The zero-order valence-corrected chi connectivity index (χ0v) is 8.55. The molecule has 0 saturated heterocycles. The summed E-state index contributed by atoms with van der Waals surface area (Å²) in [4.78, 5) is 11.1. The van der Waals surface area contributed by atoms with Crippen molar-refractivity contribution in [3.8, 4) is 0 Å². The summed E-state index contributed by atoms with van der Waals surface area (Å²) in [5.74, 6) is 0.409. The molecule has 0 aliphatic carbocycles. The Morgan fingerprint density at radius 3 is 2.64 bits per heavy atom. The van der Waals surface area contributed by atoms with Crippen LogP contribution in [0.2, 0.25) is 0 Å². The molecule has 72 valence electrons. The van der Waals surface area contributed by atoms with Crippen LogP contribution in [0.25, 0.3) is 11.0 Å². The first-order chi connectivity index (χ1) is 6.59. The van der Waals surface area contributed by atoms with Crippen LogP contribution in [0.1, 0.15) is 28.6 Å². The van der Waals surface area contributed by atoms with Crippen molar-refractivity contribution in [1.29, 1.82) is 0 Å². The first-order valence-corrected chi connectivity index (χ1v) is 4.60. The van der Waals surface area contributed by atoms with Crippen LogP contribution >= 0.6 is 0 Å². The third-order valence-electron chi connectivity index (χ3n) is 2.55. The fourth-order valence-electron chi connectivity index (χ4n) is 1.51. The molecule has 0 amide bonds. The summed E-state index contributed by atoms with van der Waals surface area (Å²) >= 11 is 0. The quantitative estimate of drug-likeness (QED) is 0.643. The predicted molar refractivity (Wildman–Crippen MR) is 55.7 cm³/mol. The molecular weight excluding hydrogens is 176 g/mol. The second kappa shape index (κ2) is 2.98. The van der Waals surface area contributed by atoms with Gasteiger partial charge in [0.05, 0.1) is 0 Å². The summed E-state index contributed by atoms with van der Waals surface area (Å²) in [6.45, 7) is 5.55. The average Bonchev–Trinajstić information content (AvgIpc) is 2.56. The van der Waals surface area contributed by atoms with Crippen LogP contribution < -0.4 is 0 Å². The van der Waals surface area contributed by atoms with Crippen LogP contribution in [0.15, 0.2) is 22.6 Å².